The van der Waals surface area contributed by atoms with Gasteiger partial charge in [0.05, 0.1) is 0 Å². The Morgan fingerprint density at radius 1 is 1.00 bits per heavy atom. The van der Waals surface area contributed by atoms with Crippen LogP contribution in [0.4, 0.5) is 0 Å². The van der Waals surface area contributed by atoms with Crippen LogP contribution in [0.25, 0.3) is 0 Å². The minimum absolute atomic E-state index is 0.183. The van der Waals surface area contributed by atoms with Crippen molar-refractivity contribution in [3.63, 3.8) is 0 Å². The van der Waals surface area contributed by atoms with E-state index in [1.165, 1.54) is 11.1 Å². The van der Waals surface area contributed by atoms with Gasteiger partial charge in [-0.3, -0.25) is 0 Å². The molecule has 0 bridgehead atoms. The SMILES string of the molecule is CC(N)CC(c1ccccc1)c1ccccc1Br. The fraction of sp³-hybridized carbons (Fsp3) is 0.250. The summed E-state index contributed by atoms with van der Waals surface area (Å²) in [5.41, 5.74) is 8.63. The first kappa shape index (κ1) is 13.3. The lowest BCUT2D eigenvalue weighted by atomic mass is 9.86. The van der Waals surface area contributed by atoms with Gasteiger partial charge in [-0.05, 0) is 30.5 Å². The lowest BCUT2D eigenvalue weighted by molar-refractivity contribution is 0.607. The fourth-order valence-electron chi connectivity index (χ4n) is 2.26. The topological polar surface area (TPSA) is 26.0 Å². The van der Waals surface area contributed by atoms with E-state index in [4.69, 9.17) is 5.73 Å². The molecule has 0 saturated heterocycles. The Kier molecular flexibility index (Phi) is 4.56. The molecule has 0 radical (unpaired) electrons. The second-order valence-corrected chi connectivity index (χ2v) is 5.55. The van der Waals surface area contributed by atoms with Crippen molar-refractivity contribution in [2.24, 2.45) is 5.73 Å². The van der Waals surface area contributed by atoms with Crippen molar-refractivity contribution in [2.45, 2.75) is 25.3 Å². The predicted octanol–water partition coefficient (Wildman–Crippen LogP) is 4.32. The summed E-state index contributed by atoms with van der Waals surface area (Å²) < 4.78 is 1.15. The van der Waals surface area contributed by atoms with Crippen LogP contribution in [0, 0.1) is 0 Å². The molecule has 0 aliphatic rings. The summed E-state index contributed by atoms with van der Waals surface area (Å²) in [6, 6.07) is 19.1. The zero-order valence-electron chi connectivity index (χ0n) is 10.5. The van der Waals surface area contributed by atoms with Gasteiger partial charge in [-0.2, -0.15) is 0 Å². The zero-order valence-corrected chi connectivity index (χ0v) is 12.1. The number of halogens is 1. The molecule has 2 unspecified atom stereocenters. The first-order valence-electron chi connectivity index (χ1n) is 6.23. The molecule has 1 nitrogen and oxygen atoms in total. The van der Waals surface area contributed by atoms with Gasteiger partial charge in [-0.15, -0.1) is 0 Å². The van der Waals surface area contributed by atoms with E-state index in [-0.39, 0.29) is 6.04 Å². The van der Waals surface area contributed by atoms with Crippen molar-refractivity contribution >= 4 is 15.9 Å². The van der Waals surface area contributed by atoms with Gasteiger partial charge in [0.2, 0.25) is 0 Å². The molecule has 0 amide bonds. The summed E-state index contributed by atoms with van der Waals surface area (Å²) in [5.74, 6) is 0.349. The highest BCUT2D eigenvalue weighted by Crippen LogP contribution is 2.33. The zero-order chi connectivity index (χ0) is 13.0. The summed E-state index contributed by atoms with van der Waals surface area (Å²) in [4.78, 5) is 0. The quantitative estimate of drug-likeness (QED) is 0.894. The monoisotopic (exact) mass is 303 g/mol. The molecule has 0 heterocycles. The largest absolute Gasteiger partial charge is 0.328 e. The van der Waals surface area contributed by atoms with E-state index in [0.29, 0.717) is 5.92 Å². The van der Waals surface area contributed by atoms with Crippen LogP contribution in [0.1, 0.15) is 30.4 Å². The van der Waals surface area contributed by atoms with Crippen molar-refractivity contribution < 1.29 is 0 Å². The molecule has 2 aromatic carbocycles. The molecule has 2 atom stereocenters. The Morgan fingerprint density at radius 2 is 1.61 bits per heavy atom. The predicted molar refractivity (Wildman–Crippen MR) is 80.7 cm³/mol. The highest BCUT2D eigenvalue weighted by molar-refractivity contribution is 9.10. The number of rotatable bonds is 4. The van der Waals surface area contributed by atoms with E-state index < -0.39 is 0 Å². The van der Waals surface area contributed by atoms with Gasteiger partial charge >= 0.3 is 0 Å². The molecular formula is C16H18BrN. The molecule has 2 rings (SSSR count). The van der Waals surface area contributed by atoms with Crippen LogP contribution in [0.2, 0.25) is 0 Å². The molecule has 0 aliphatic carbocycles. The lowest BCUT2D eigenvalue weighted by Crippen LogP contribution is -2.19. The van der Waals surface area contributed by atoms with E-state index >= 15 is 0 Å². The Hall–Kier alpha value is -1.12. The maximum absolute atomic E-state index is 6.00. The average Bonchev–Trinajstić information content (AvgIpc) is 2.38. The van der Waals surface area contributed by atoms with Crippen LogP contribution >= 0.6 is 15.9 Å². The van der Waals surface area contributed by atoms with Crippen LogP contribution in [-0.4, -0.2) is 6.04 Å². The van der Waals surface area contributed by atoms with Crippen LogP contribution in [0.15, 0.2) is 59.1 Å². The van der Waals surface area contributed by atoms with Crippen molar-refractivity contribution in [1.82, 2.24) is 0 Å². The number of nitrogens with two attached hydrogens (primary N) is 1. The van der Waals surface area contributed by atoms with E-state index in [9.17, 15) is 0 Å². The molecule has 2 aromatic rings. The third-order valence-electron chi connectivity index (χ3n) is 3.09. The van der Waals surface area contributed by atoms with Crippen molar-refractivity contribution in [2.75, 3.05) is 0 Å². The van der Waals surface area contributed by atoms with Crippen LogP contribution in [0.5, 0.6) is 0 Å². The highest BCUT2D eigenvalue weighted by atomic mass is 79.9. The molecule has 0 saturated carbocycles. The highest BCUT2D eigenvalue weighted by Gasteiger charge is 2.17. The van der Waals surface area contributed by atoms with E-state index in [2.05, 4.69) is 65.3 Å². The van der Waals surface area contributed by atoms with Gasteiger partial charge in [0.15, 0.2) is 0 Å². The Balaban J connectivity index is 2.41. The second-order valence-electron chi connectivity index (χ2n) is 4.70. The van der Waals surface area contributed by atoms with E-state index in [1.807, 2.05) is 12.1 Å². The van der Waals surface area contributed by atoms with Crippen LogP contribution in [0.3, 0.4) is 0 Å². The van der Waals surface area contributed by atoms with Gasteiger partial charge < -0.3 is 5.73 Å². The fourth-order valence-corrected chi connectivity index (χ4v) is 2.82. The molecule has 0 spiro atoms. The van der Waals surface area contributed by atoms with Gasteiger partial charge in [0.1, 0.15) is 0 Å². The molecule has 0 aliphatic heterocycles. The van der Waals surface area contributed by atoms with Gasteiger partial charge in [0.25, 0.3) is 0 Å². The molecule has 2 N–H and O–H groups in total. The minimum Gasteiger partial charge on any atom is -0.328 e. The Labute approximate surface area is 117 Å². The second kappa shape index (κ2) is 6.17. The Morgan fingerprint density at radius 3 is 2.22 bits per heavy atom. The third-order valence-corrected chi connectivity index (χ3v) is 3.81. The van der Waals surface area contributed by atoms with Crippen LogP contribution in [-0.2, 0) is 0 Å². The molecule has 0 aromatic heterocycles. The van der Waals surface area contributed by atoms with E-state index in [1.54, 1.807) is 0 Å². The summed E-state index contributed by atoms with van der Waals surface area (Å²) in [5, 5.41) is 0. The van der Waals surface area contributed by atoms with Crippen molar-refractivity contribution in [1.29, 1.82) is 0 Å². The van der Waals surface area contributed by atoms with Crippen LogP contribution < -0.4 is 5.73 Å². The summed E-state index contributed by atoms with van der Waals surface area (Å²) >= 11 is 3.64. The molecular weight excluding hydrogens is 286 g/mol. The van der Waals surface area contributed by atoms with Gasteiger partial charge in [-0.25, -0.2) is 0 Å². The van der Waals surface area contributed by atoms with Gasteiger partial charge in [-0.1, -0.05) is 64.5 Å². The first-order chi connectivity index (χ1) is 8.68. The molecule has 94 valence electrons. The maximum atomic E-state index is 6.00. The average molecular weight is 304 g/mol. The smallest absolute Gasteiger partial charge is 0.0213 e. The van der Waals surface area contributed by atoms with Crippen molar-refractivity contribution in [3.05, 3.63) is 70.2 Å². The van der Waals surface area contributed by atoms with Gasteiger partial charge in [0, 0.05) is 16.4 Å². The molecule has 18 heavy (non-hydrogen) atoms. The first-order valence-corrected chi connectivity index (χ1v) is 7.02. The normalized spacial score (nSPS) is 14.2. The molecule has 0 fully saturated rings. The van der Waals surface area contributed by atoms with Crippen molar-refractivity contribution in [3.8, 4) is 0 Å². The number of hydrogen-bond acceptors (Lipinski definition) is 1. The summed E-state index contributed by atoms with van der Waals surface area (Å²) in [6.45, 7) is 2.06. The standard InChI is InChI=1S/C16H18BrN/c1-12(18)11-15(13-7-3-2-4-8-13)14-9-5-6-10-16(14)17/h2-10,12,15H,11,18H2,1H3. The maximum Gasteiger partial charge on any atom is 0.0213 e. The number of benzene rings is 2. The summed E-state index contributed by atoms with van der Waals surface area (Å²) in [7, 11) is 0. The molecule has 2 heteroatoms. The van der Waals surface area contributed by atoms with E-state index in [0.717, 1.165) is 10.9 Å². The lowest BCUT2D eigenvalue weighted by Gasteiger charge is -2.21. The third kappa shape index (κ3) is 3.21. The number of hydrogen-bond donors (Lipinski definition) is 1. The Bertz CT molecular complexity index is 493. The minimum atomic E-state index is 0.183. The summed E-state index contributed by atoms with van der Waals surface area (Å²) in [6.07, 6.45) is 0.951.